The van der Waals surface area contributed by atoms with Gasteiger partial charge in [0.25, 0.3) is 5.91 Å². The van der Waals surface area contributed by atoms with Crippen molar-refractivity contribution in [3.8, 4) is 17.2 Å². The highest BCUT2D eigenvalue weighted by molar-refractivity contribution is 8.00. The van der Waals surface area contributed by atoms with Crippen molar-refractivity contribution < 1.29 is 23.8 Å². The van der Waals surface area contributed by atoms with Crippen molar-refractivity contribution in [1.29, 1.82) is 0 Å². The second-order valence-electron chi connectivity index (χ2n) is 7.68. The van der Waals surface area contributed by atoms with Gasteiger partial charge in [-0.2, -0.15) is 0 Å². The van der Waals surface area contributed by atoms with E-state index in [-0.39, 0.29) is 17.6 Å². The topological polar surface area (TPSA) is 85.9 Å². The van der Waals surface area contributed by atoms with Gasteiger partial charge >= 0.3 is 0 Å². The Morgan fingerprint density at radius 2 is 1.71 bits per heavy atom. The lowest BCUT2D eigenvalue weighted by Gasteiger charge is -2.12. The van der Waals surface area contributed by atoms with Crippen LogP contribution < -0.4 is 24.8 Å². The van der Waals surface area contributed by atoms with E-state index in [1.54, 1.807) is 38.5 Å². The Labute approximate surface area is 210 Å². The molecule has 0 aromatic heterocycles. The maximum absolute atomic E-state index is 12.7. The molecule has 7 nitrogen and oxygen atoms in total. The third kappa shape index (κ3) is 7.96. The van der Waals surface area contributed by atoms with Crippen LogP contribution in [0.3, 0.4) is 0 Å². The summed E-state index contributed by atoms with van der Waals surface area (Å²) in [5, 5.41) is 5.77. The van der Waals surface area contributed by atoms with E-state index in [1.807, 2.05) is 49.4 Å². The van der Waals surface area contributed by atoms with Crippen LogP contribution in [0.5, 0.6) is 17.2 Å². The van der Waals surface area contributed by atoms with E-state index in [0.29, 0.717) is 42.3 Å². The molecule has 0 aliphatic rings. The molecule has 2 amide bonds. The third-order valence-electron chi connectivity index (χ3n) is 5.02. The standard InChI is InChI=1S/C27H30N2O5S/c1-19-8-6-9-21(16-19)34-15-7-14-28-27(31)22-10-4-5-11-25(22)35-18-26(30)29-20-12-13-23(32-2)24(17-20)33-3/h4-6,8-13,16-17H,7,14-15,18H2,1-3H3,(H,28,31)(H,29,30). The van der Waals surface area contributed by atoms with Crippen LogP contribution in [0.4, 0.5) is 5.69 Å². The van der Waals surface area contributed by atoms with Gasteiger partial charge in [0, 0.05) is 23.2 Å². The van der Waals surface area contributed by atoms with Gasteiger partial charge < -0.3 is 24.8 Å². The number of carbonyl (C=O) groups is 2. The van der Waals surface area contributed by atoms with E-state index in [1.165, 1.54) is 11.8 Å². The van der Waals surface area contributed by atoms with Gasteiger partial charge in [-0.25, -0.2) is 0 Å². The Kier molecular flexibility index (Phi) is 9.86. The number of anilines is 1. The molecular formula is C27H30N2O5S. The fraction of sp³-hybridized carbons (Fsp3) is 0.259. The van der Waals surface area contributed by atoms with Crippen LogP contribution in [0.1, 0.15) is 22.3 Å². The number of rotatable bonds is 12. The molecule has 0 atom stereocenters. The van der Waals surface area contributed by atoms with Gasteiger partial charge in [0.1, 0.15) is 5.75 Å². The molecule has 0 bridgehead atoms. The average Bonchev–Trinajstić information content (AvgIpc) is 2.87. The molecule has 0 aliphatic heterocycles. The highest BCUT2D eigenvalue weighted by atomic mass is 32.2. The Bertz CT molecular complexity index is 1150. The van der Waals surface area contributed by atoms with E-state index in [2.05, 4.69) is 10.6 Å². The Morgan fingerprint density at radius 3 is 2.49 bits per heavy atom. The van der Waals surface area contributed by atoms with Crippen LogP contribution in [0.25, 0.3) is 0 Å². The summed E-state index contributed by atoms with van der Waals surface area (Å²) in [4.78, 5) is 25.9. The smallest absolute Gasteiger partial charge is 0.252 e. The number of carbonyl (C=O) groups excluding carboxylic acids is 2. The zero-order valence-corrected chi connectivity index (χ0v) is 20.9. The maximum atomic E-state index is 12.7. The van der Waals surface area contributed by atoms with E-state index in [9.17, 15) is 9.59 Å². The Balaban J connectivity index is 1.47. The highest BCUT2D eigenvalue weighted by Crippen LogP contribution is 2.30. The zero-order valence-electron chi connectivity index (χ0n) is 20.1. The minimum atomic E-state index is -0.189. The van der Waals surface area contributed by atoms with Crippen molar-refractivity contribution in [3.63, 3.8) is 0 Å². The van der Waals surface area contributed by atoms with E-state index in [0.717, 1.165) is 16.2 Å². The van der Waals surface area contributed by atoms with Crippen LogP contribution in [0.2, 0.25) is 0 Å². The molecule has 3 aromatic rings. The number of ether oxygens (including phenoxy) is 3. The molecule has 0 radical (unpaired) electrons. The van der Waals surface area contributed by atoms with Gasteiger partial charge in [0.15, 0.2) is 11.5 Å². The van der Waals surface area contributed by atoms with Crippen molar-refractivity contribution in [3.05, 3.63) is 77.9 Å². The fourth-order valence-corrected chi connectivity index (χ4v) is 4.15. The first-order chi connectivity index (χ1) is 17.0. The first-order valence-electron chi connectivity index (χ1n) is 11.2. The zero-order chi connectivity index (χ0) is 25.0. The fourth-order valence-electron chi connectivity index (χ4n) is 3.30. The van der Waals surface area contributed by atoms with Gasteiger partial charge in [0.2, 0.25) is 5.91 Å². The molecule has 0 fully saturated rings. The summed E-state index contributed by atoms with van der Waals surface area (Å²) < 4.78 is 16.2. The molecule has 0 heterocycles. The molecule has 184 valence electrons. The summed E-state index contributed by atoms with van der Waals surface area (Å²) in [6.45, 7) is 3.02. The summed E-state index contributed by atoms with van der Waals surface area (Å²) in [5.74, 6) is 1.73. The number of hydrogen-bond donors (Lipinski definition) is 2. The van der Waals surface area contributed by atoms with Crippen molar-refractivity contribution in [2.24, 2.45) is 0 Å². The van der Waals surface area contributed by atoms with Crippen molar-refractivity contribution in [2.45, 2.75) is 18.2 Å². The van der Waals surface area contributed by atoms with Crippen LogP contribution in [-0.4, -0.2) is 44.9 Å². The van der Waals surface area contributed by atoms with E-state index >= 15 is 0 Å². The second kappa shape index (κ2) is 13.3. The third-order valence-corrected chi connectivity index (χ3v) is 6.10. The summed E-state index contributed by atoms with van der Waals surface area (Å²) in [7, 11) is 3.10. The maximum Gasteiger partial charge on any atom is 0.252 e. The largest absolute Gasteiger partial charge is 0.494 e. The molecule has 8 heteroatoms. The number of nitrogens with one attached hydrogen (secondary N) is 2. The predicted molar refractivity (Wildman–Crippen MR) is 139 cm³/mol. The van der Waals surface area contributed by atoms with Gasteiger partial charge in [0.05, 0.1) is 32.1 Å². The second-order valence-corrected chi connectivity index (χ2v) is 8.69. The van der Waals surface area contributed by atoms with Crippen LogP contribution >= 0.6 is 11.8 Å². The van der Waals surface area contributed by atoms with Crippen LogP contribution in [0.15, 0.2) is 71.6 Å². The predicted octanol–water partition coefficient (Wildman–Crippen LogP) is 4.94. The van der Waals surface area contributed by atoms with Crippen LogP contribution in [0, 0.1) is 6.92 Å². The molecule has 0 saturated heterocycles. The van der Waals surface area contributed by atoms with E-state index < -0.39 is 0 Å². The summed E-state index contributed by atoms with van der Waals surface area (Å²) >= 11 is 1.31. The molecule has 0 unspecified atom stereocenters. The summed E-state index contributed by atoms with van der Waals surface area (Å²) in [6, 6.07) is 20.3. The Morgan fingerprint density at radius 1 is 0.914 bits per heavy atom. The van der Waals surface area contributed by atoms with Crippen molar-refractivity contribution >= 4 is 29.3 Å². The summed E-state index contributed by atoms with van der Waals surface area (Å²) in [5.41, 5.74) is 2.28. The normalized spacial score (nSPS) is 10.4. The molecule has 2 N–H and O–H groups in total. The van der Waals surface area contributed by atoms with Gasteiger partial charge in [-0.15, -0.1) is 11.8 Å². The molecule has 0 spiro atoms. The number of benzene rings is 3. The lowest BCUT2D eigenvalue weighted by Crippen LogP contribution is -2.26. The van der Waals surface area contributed by atoms with Crippen LogP contribution in [-0.2, 0) is 4.79 Å². The molecule has 35 heavy (non-hydrogen) atoms. The number of amides is 2. The average molecular weight is 495 g/mol. The molecular weight excluding hydrogens is 464 g/mol. The number of methoxy groups -OCH3 is 2. The minimum absolute atomic E-state index is 0.156. The Hall–Kier alpha value is -3.65. The van der Waals surface area contributed by atoms with Crippen molar-refractivity contribution in [2.75, 3.05) is 38.4 Å². The quantitative estimate of drug-likeness (QED) is 0.274. The lowest BCUT2D eigenvalue weighted by molar-refractivity contribution is -0.113. The minimum Gasteiger partial charge on any atom is -0.494 e. The lowest BCUT2D eigenvalue weighted by atomic mass is 10.2. The number of hydrogen-bond acceptors (Lipinski definition) is 6. The SMILES string of the molecule is COc1ccc(NC(=O)CSc2ccccc2C(=O)NCCCOc2cccc(C)c2)cc1OC. The van der Waals surface area contributed by atoms with E-state index in [4.69, 9.17) is 14.2 Å². The molecule has 0 saturated carbocycles. The number of thioether (sulfide) groups is 1. The molecule has 3 aromatic carbocycles. The van der Waals surface area contributed by atoms with Crippen molar-refractivity contribution in [1.82, 2.24) is 5.32 Å². The number of aryl methyl sites for hydroxylation is 1. The first kappa shape index (κ1) is 26.0. The first-order valence-corrected chi connectivity index (χ1v) is 12.2. The highest BCUT2D eigenvalue weighted by Gasteiger charge is 2.13. The molecule has 3 rings (SSSR count). The molecule has 0 aliphatic carbocycles. The van der Waals surface area contributed by atoms with Gasteiger partial charge in [-0.05, 0) is 55.3 Å². The summed E-state index contributed by atoms with van der Waals surface area (Å²) in [6.07, 6.45) is 0.683. The van der Waals surface area contributed by atoms with Gasteiger partial charge in [-0.3, -0.25) is 9.59 Å². The van der Waals surface area contributed by atoms with Gasteiger partial charge in [-0.1, -0.05) is 24.3 Å². The monoisotopic (exact) mass is 494 g/mol.